The van der Waals surface area contributed by atoms with E-state index < -0.39 is 53.8 Å². The van der Waals surface area contributed by atoms with Gasteiger partial charge in [-0.25, -0.2) is 0 Å². The van der Waals surface area contributed by atoms with Crippen LogP contribution in [0, 0.1) is 23.7 Å². The maximum absolute atomic E-state index is 12.7. The van der Waals surface area contributed by atoms with E-state index in [-0.39, 0.29) is 18.7 Å². The smallest absolute Gasteiger partial charge is 0.307 e. The largest absolute Gasteiger partial charge is 0.481 e. The van der Waals surface area contributed by atoms with Crippen molar-refractivity contribution in [2.75, 3.05) is 0 Å². The van der Waals surface area contributed by atoms with Crippen LogP contribution in [0.2, 0.25) is 0 Å². The summed E-state index contributed by atoms with van der Waals surface area (Å²) in [6, 6.07) is 0. The molecule has 2 rings (SSSR count). The number of aliphatic hydroxyl groups excluding tert-OH is 1. The summed E-state index contributed by atoms with van der Waals surface area (Å²) in [5.41, 5.74) is 0. The fourth-order valence-corrected chi connectivity index (χ4v) is 4.50. The Bertz CT molecular complexity index is 624. The molecule has 0 aliphatic heterocycles. The lowest BCUT2D eigenvalue weighted by Gasteiger charge is -2.33. The number of nitrogens with one attached hydrogen (secondary N) is 2. The number of amides is 2. The number of hydrogen-bond acceptors (Lipinski definition) is 5. The molecule has 0 heterocycles. The van der Waals surface area contributed by atoms with Gasteiger partial charge in [0.05, 0.1) is 29.8 Å². The summed E-state index contributed by atoms with van der Waals surface area (Å²) in [6.45, 7) is 1.89. The molecule has 2 amide bonds. The van der Waals surface area contributed by atoms with Crippen molar-refractivity contribution in [2.45, 2.75) is 77.0 Å². The second-order valence-electron chi connectivity index (χ2n) is 8.21. The molecule has 0 aromatic rings. The number of aliphatic carboxylic acids is 2. The molecule has 0 aromatic heterocycles. The summed E-state index contributed by atoms with van der Waals surface area (Å²) in [6.07, 6.45) is 2.88. The van der Waals surface area contributed by atoms with Crippen LogP contribution in [0.25, 0.3) is 0 Å². The molecule has 29 heavy (non-hydrogen) atoms. The fraction of sp³-hybridized carbons (Fsp3) is 0.800. The predicted molar refractivity (Wildman–Crippen MR) is 103 cm³/mol. The number of carboxylic acid groups (broad SMARTS) is 2. The maximum Gasteiger partial charge on any atom is 0.307 e. The van der Waals surface area contributed by atoms with Gasteiger partial charge in [-0.1, -0.05) is 26.2 Å². The van der Waals surface area contributed by atoms with Crippen molar-refractivity contribution in [1.29, 1.82) is 0 Å². The number of hydrogen-bond donors (Lipinski definition) is 5. The Kier molecular flexibility index (Phi) is 8.43. The SMILES string of the molecule is CCCC(NC(=O)C1CCCCC1C(=O)O)NC(=O)C1CCC(O)CC1C(=O)O. The van der Waals surface area contributed by atoms with Crippen LogP contribution in [0.1, 0.15) is 64.7 Å². The standard InChI is InChI=1S/C20H32N2O7/c1-2-5-16(21-17(24)12-6-3-4-7-14(12)19(26)27)22-18(25)13-9-8-11(23)10-15(13)20(28)29/h11-16,23H,2-10H2,1H3,(H,21,24)(H,22,25)(H,26,27)(H,28,29). The van der Waals surface area contributed by atoms with Gasteiger partial charge in [0.2, 0.25) is 11.8 Å². The van der Waals surface area contributed by atoms with Crippen LogP contribution >= 0.6 is 0 Å². The van der Waals surface area contributed by atoms with Gasteiger partial charge in [0.25, 0.3) is 0 Å². The molecule has 0 spiro atoms. The maximum atomic E-state index is 12.7. The summed E-state index contributed by atoms with van der Waals surface area (Å²) in [5.74, 6) is -6.03. The van der Waals surface area contributed by atoms with Gasteiger partial charge < -0.3 is 26.0 Å². The molecule has 2 saturated carbocycles. The van der Waals surface area contributed by atoms with Crippen LogP contribution in [0.3, 0.4) is 0 Å². The quantitative estimate of drug-likeness (QED) is 0.374. The molecule has 2 aliphatic rings. The molecule has 6 unspecified atom stereocenters. The Morgan fingerprint density at radius 2 is 1.34 bits per heavy atom. The molecule has 5 N–H and O–H groups in total. The first-order valence-electron chi connectivity index (χ1n) is 10.5. The van der Waals surface area contributed by atoms with E-state index in [2.05, 4.69) is 10.6 Å². The number of carbonyl (C=O) groups is 4. The predicted octanol–water partition coefficient (Wildman–Crippen LogP) is 1.10. The lowest BCUT2D eigenvalue weighted by molar-refractivity contribution is -0.151. The lowest BCUT2D eigenvalue weighted by atomic mass is 9.77. The van der Waals surface area contributed by atoms with Crippen LogP contribution in [-0.4, -0.2) is 51.3 Å². The third kappa shape index (κ3) is 6.16. The Morgan fingerprint density at radius 1 is 0.828 bits per heavy atom. The second-order valence-corrected chi connectivity index (χ2v) is 8.21. The minimum Gasteiger partial charge on any atom is -0.481 e. The number of carbonyl (C=O) groups excluding carboxylic acids is 2. The Labute approximate surface area is 170 Å². The van der Waals surface area contributed by atoms with E-state index in [9.17, 15) is 34.5 Å². The van der Waals surface area contributed by atoms with Gasteiger partial charge >= 0.3 is 11.9 Å². The van der Waals surface area contributed by atoms with E-state index in [1.165, 1.54) is 0 Å². The topological polar surface area (TPSA) is 153 Å². The number of rotatable bonds is 8. The van der Waals surface area contributed by atoms with Gasteiger partial charge in [0.15, 0.2) is 0 Å². The zero-order chi connectivity index (χ0) is 21.6. The Morgan fingerprint density at radius 3 is 1.86 bits per heavy atom. The number of aliphatic hydroxyl groups is 1. The Balaban J connectivity index is 2.03. The average molecular weight is 412 g/mol. The highest BCUT2D eigenvalue weighted by Crippen LogP contribution is 2.32. The van der Waals surface area contributed by atoms with Gasteiger partial charge in [-0.15, -0.1) is 0 Å². The summed E-state index contributed by atoms with van der Waals surface area (Å²) < 4.78 is 0. The van der Waals surface area contributed by atoms with Crippen molar-refractivity contribution in [2.24, 2.45) is 23.7 Å². The van der Waals surface area contributed by atoms with E-state index in [1.54, 1.807) is 0 Å². The zero-order valence-corrected chi connectivity index (χ0v) is 16.8. The van der Waals surface area contributed by atoms with Crippen LogP contribution in [0.15, 0.2) is 0 Å². The van der Waals surface area contributed by atoms with E-state index in [0.29, 0.717) is 32.1 Å². The van der Waals surface area contributed by atoms with Crippen LogP contribution in [0.5, 0.6) is 0 Å². The van der Waals surface area contributed by atoms with Gasteiger partial charge in [-0.2, -0.15) is 0 Å². The highest BCUT2D eigenvalue weighted by atomic mass is 16.4. The second kappa shape index (κ2) is 10.6. The van der Waals surface area contributed by atoms with Crippen LogP contribution < -0.4 is 10.6 Å². The first-order chi connectivity index (χ1) is 13.7. The molecule has 164 valence electrons. The summed E-state index contributed by atoms with van der Waals surface area (Å²) in [5, 5.41) is 34.0. The molecule has 9 nitrogen and oxygen atoms in total. The third-order valence-electron chi connectivity index (χ3n) is 6.11. The minimum absolute atomic E-state index is 0.0284. The summed E-state index contributed by atoms with van der Waals surface area (Å²) in [4.78, 5) is 48.4. The highest BCUT2D eigenvalue weighted by molar-refractivity contribution is 5.87. The molecule has 6 atom stereocenters. The first-order valence-corrected chi connectivity index (χ1v) is 10.5. The molecule has 9 heteroatoms. The Hall–Kier alpha value is -2.16. The van der Waals surface area contributed by atoms with Gasteiger partial charge in [0, 0.05) is 0 Å². The van der Waals surface area contributed by atoms with Crippen molar-refractivity contribution in [3.63, 3.8) is 0 Å². The van der Waals surface area contributed by atoms with E-state index in [0.717, 1.165) is 12.8 Å². The molecular weight excluding hydrogens is 380 g/mol. The number of carboxylic acids is 2. The van der Waals surface area contributed by atoms with Gasteiger partial charge in [0.1, 0.15) is 6.17 Å². The molecule has 2 fully saturated rings. The molecule has 0 radical (unpaired) electrons. The lowest BCUT2D eigenvalue weighted by Crippen LogP contribution is -2.54. The monoisotopic (exact) mass is 412 g/mol. The highest BCUT2D eigenvalue weighted by Gasteiger charge is 2.40. The average Bonchev–Trinajstić information content (AvgIpc) is 2.67. The van der Waals surface area contributed by atoms with Crippen LogP contribution in [-0.2, 0) is 19.2 Å². The van der Waals surface area contributed by atoms with Crippen molar-refractivity contribution < 1.29 is 34.5 Å². The third-order valence-corrected chi connectivity index (χ3v) is 6.11. The van der Waals surface area contributed by atoms with Crippen molar-refractivity contribution in [1.82, 2.24) is 10.6 Å². The summed E-state index contributed by atoms with van der Waals surface area (Å²) in [7, 11) is 0. The molecule has 0 saturated heterocycles. The zero-order valence-electron chi connectivity index (χ0n) is 16.8. The first kappa shape index (κ1) is 23.1. The van der Waals surface area contributed by atoms with Crippen molar-refractivity contribution in [3.05, 3.63) is 0 Å². The molecule has 0 bridgehead atoms. The van der Waals surface area contributed by atoms with Gasteiger partial charge in [-0.05, 0) is 38.5 Å². The minimum atomic E-state index is -1.12. The fourth-order valence-electron chi connectivity index (χ4n) is 4.50. The molecular formula is C20H32N2O7. The van der Waals surface area contributed by atoms with Crippen LogP contribution in [0.4, 0.5) is 0 Å². The molecule has 0 aromatic carbocycles. The van der Waals surface area contributed by atoms with E-state index in [1.807, 2.05) is 6.92 Å². The van der Waals surface area contributed by atoms with Crippen molar-refractivity contribution >= 4 is 23.8 Å². The van der Waals surface area contributed by atoms with Gasteiger partial charge in [-0.3, -0.25) is 19.2 Å². The van der Waals surface area contributed by atoms with E-state index in [4.69, 9.17) is 0 Å². The summed E-state index contributed by atoms with van der Waals surface area (Å²) >= 11 is 0. The van der Waals surface area contributed by atoms with Crippen molar-refractivity contribution in [3.8, 4) is 0 Å². The normalized spacial score (nSPS) is 30.8. The molecule has 2 aliphatic carbocycles. The van der Waals surface area contributed by atoms with E-state index >= 15 is 0 Å².